The monoisotopic (exact) mass is 264 g/mol. The van der Waals surface area contributed by atoms with Crippen LogP contribution in [0.5, 0.6) is 0 Å². The Kier molecular flexibility index (Phi) is 3.55. The summed E-state index contributed by atoms with van der Waals surface area (Å²) >= 11 is 0. The fourth-order valence-electron chi connectivity index (χ4n) is 2.71. The highest BCUT2D eigenvalue weighted by Crippen LogP contribution is 2.48. The fraction of sp³-hybridized carbons (Fsp3) is 0.714. The summed E-state index contributed by atoms with van der Waals surface area (Å²) in [6.07, 6.45) is 8.19. The van der Waals surface area contributed by atoms with Crippen molar-refractivity contribution in [1.29, 1.82) is 0 Å². The summed E-state index contributed by atoms with van der Waals surface area (Å²) in [5.74, 6) is 0.246. The van der Waals surface area contributed by atoms with Gasteiger partial charge < -0.3 is 9.47 Å². The quantitative estimate of drug-likeness (QED) is 0.783. The third kappa shape index (κ3) is 2.66. The summed E-state index contributed by atoms with van der Waals surface area (Å²) in [6.45, 7) is 3.11. The van der Waals surface area contributed by atoms with E-state index in [1.54, 1.807) is 0 Å². The van der Waals surface area contributed by atoms with Crippen molar-refractivity contribution in [2.24, 2.45) is 5.92 Å². The van der Waals surface area contributed by atoms with E-state index in [9.17, 15) is 4.79 Å². The normalized spacial score (nSPS) is 30.1. The molecule has 1 aromatic rings. The Morgan fingerprint density at radius 2 is 2.47 bits per heavy atom. The second-order valence-corrected chi connectivity index (χ2v) is 5.28. The molecule has 5 nitrogen and oxygen atoms in total. The Bertz CT molecular complexity index is 451. The van der Waals surface area contributed by atoms with Crippen LogP contribution in [0.3, 0.4) is 0 Å². The van der Waals surface area contributed by atoms with Crippen LogP contribution in [-0.4, -0.2) is 29.0 Å². The van der Waals surface area contributed by atoms with Crippen LogP contribution in [0.25, 0.3) is 0 Å². The molecule has 0 bridgehead atoms. The molecule has 0 aromatic carbocycles. The molecular formula is C14H20N2O3. The van der Waals surface area contributed by atoms with Gasteiger partial charge in [0.05, 0.1) is 18.7 Å². The fourth-order valence-corrected chi connectivity index (χ4v) is 2.71. The van der Waals surface area contributed by atoms with Crippen molar-refractivity contribution < 1.29 is 14.3 Å². The maximum absolute atomic E-state index is 11.6. The van der Waals surface area contributed by atoms with Gasteiger partial charge in [0.2, 0.25) is 0 Å². The van der Waals surface area contributed by atoms with E-state index in [2.05, 4.69) is 5.10 Å². The first-order valence-corrected chi connectivity index (χ1v) is 7.12. The lowest BCUT2D eigenvalue weighted by Crippen LogP contribution is -2.18. The van der Waals surface area contributed by atoms with Crippen LogP contribution in [0.4, 0.5) is 0 Å². The van der Waals surface area contributed by atoms with Crippen LogP contribution in [-0.2, 0) is 14.3 Å². The van der Waals surface area contributed by atoms with Crippen molar-refractivity contribution in [3.63, 3.8) is 0 Å². The van der Waals surface area contributed by atoms with Crippen LogP contribution in [0.2, 0.25) is 0 Å². The Labute approximate surface area is 112 Å². The van der Waals surface area contributed by atoms with Crippen molar-refractivity contribution in [3.8, 4) is 0 Å². The van der Waals surface area contributed by atoms with E-state index in [1.807, 2.05) is 24.0 Å². The summed E-state index contributed by atoms with van der Waals surface area (Å²) in [4.78, 5) is 11.6. The highest BCUT2D eigenvalue weighted by atomic mass is 16.5. The van der Waals surface area contributed by atoms with Gasteiger partial charge in [-0.2, -0.15) is 5.10 Å². The molecule has 3 atom stereocenters. The van der Waals surface area contributed by atoms with Gasteiger partial charge in [0.25, 0.3) is 0 Å². The Morgan fingerprint density at radius 3 is 3.21 bits per heavy atom. The topological polar surface area (TPSA) is 53.3 Å². The number of carbonyl (C=O) groups is 1. The predicted octanol–water partition coefficient (Wildman–Crippen LogP) is 2.25. The molecule has 2 fully saturated rings. The summed E-state index contributed by atoms with van der Waals surface area (Å²) in [5, 5.41) is 4.38. The first-order chi connectivity index (χ1) is 9.29. The first-order valence-electron chi connectivity index (χ1n) is 7.12. The van der Waals surface area contributed by atoms with Gasteiger partial charge in [0.1, 0.15) is 6.23 Å². The van der Waals surface area contributed by atoms with Crippen molar-refractivity contribution in [3.05, 3.63) is 18.0 Å². The number of nitrogens with zero attached hydrogens (tertiary/aromatic N) is 2. The zero-order valence-corrected chi connectivity index (χ0v) is 11.2. The molecule has 104 valence electrons. The molecule has 0 spiro atoms. The van der Waals surface area contributed by atoms with Gasteiger partial charge in [-0.05, 0) is 38.2 Å². The zero-order valence-electron chi connectivity index (χ0n) is 11.2. The maximum Gasteiger partial charge on any atom is 0.309 e. The van der Waals surface area contributed by atoms with Crippen LogP contribution in [0.1, 0.15) is 50.3 Å². The summed E-state index contributed by atoms with van der Waals surface area (Å²) < 4.78 is 12.6. The average molecular weight is 264 g/mol. The van der Waals surface area contributed by atoms with Crippen LogP contribution < -0.4 is 0 Å². The summed E-state index contributed by atoms with van der Waals surface area (Å²) in [7, 11) is 0. The molecule has 0 radical (unpaired) electrons. The Balaban J connectivity index is 1.61. The van der Waals surface area contributed by atoms with Gasteiger partial charge in [-0.1, -0.05) is 0 Å². The third-order valence-electron chi connectivity index (χ3n) is 3.88. The molecule has 0 amide bonds. The number of carbonyl (C=O) groups excluding carboxylic acids is 1. The average Bonchev–Trinajstić information content (AvgIpc) is 3.10. The molecule has 5 heteroatoms. The second-order valence-electron chi connectivity index (χ2n) is 5.28. The lowest BCUT2D eigenvalue weighted by Gasteiger charge is -2.22. The minimum atomic E-state index is -0.0748. The van der Waals surface area contributed by atoms with Gasteiger partial charge in [-0.3, -0.25) is 4.79 Å². The molecule has 19 heavy (non-hydrogen) atoms. The minimum absolute atomic E-state index is 0.0323. The van der Waals surface area contributed by atoms with E-state index >= 15 is 0 Å². The van der Waals surface area contributed by atoms with E-state index in [4.69, 9.17) is 9.47 Å². The van der Waals surface area contributed by atoms with E-state index < -0.39 is 0 Å². The maximum atomic E-state index is 11.6. The Hall–Kier alpha value is -1.36. The number of rotatable bonds is 4. The number of hydrogen-bond donors (Lipinski definition) is 0. The molecule has 3 unspecified atom stereocenters. The Morgan fingerprint density at radius 1 is 1.58 bits per heavy atom. The molecule has 1 saturated heterocycles. The molecular weight excluding hydrogens is 244 g/mol. The molecule has 0 N–H and O–H groups in total. The van der Waals surface area contributed by atoms with Gasteiger partial charge in [-0.25, -0.2) is 4.68 Å². The lowest BCUT2D eigenvalue weighted by atomic mass is 10.2. The van der Waals surface area contributed by atoms with Crippen molar-refractivity contribution in [1.82, 2.24) is 9.78 Å². The molecule has 1 saturated carbocycles. The number of aromatic nitrogens is 2. The summed E-state index contributed by atoms with van der Waals surface area (Å²) in [5.41, 5.74) is 1.13. The van der Waals surface area contributed by atoms with Gasteiger partial charge in [0, 0.05) is 18.7 Å². The first kappa shape index (κ1) is 12.7. The third-order valence-corrected chi connectivity index (χ3v) is 3.88. The highest BCUT2D eigenvalue weighted by molar-refractivity contribution is 5.77. The van der Waals surface area contributed by atoms with Crippen molar-refractivity contribution in [2.75, 3.05) is 13.2 Å². The van der Waals surface area contributed by atoms with E-state index in [-0.39, 0.29) is 24.0 Å². The molecule has 3 rings (SSSR count). The molecule has 1 aliphatic heterocycles. The number of hydrogen-bond acceptors (Lipinski definition) is 4. The van der Waals surface area contributed by atoms with Crippen LogP contribution in [0.15, 0.2) is 12.4 Å². The molecule has 2 aliphatic rings. The van der Waals surface area contributed by atoms with E-state index in [0.29, 0.717) is 6.61 Å². The van der Waals surface area contributed by atoms with E-state index in [1.165, 1.54) is 6.42 Å². The SMILES string of the molecule is CCOC(=O)C1CC1c1cnn(C2CCCCO2)c1. The molecule has 1 aromatic heterocycles. The summed E-state index contributed by atoms with van der Waals surface area (Å²) in [6, 6.07) is 0. The van der Waals surface area contributed by atoms with Gasteiger partial charge in [-0.15, -0.1) is 0 Å². The van der Waals surface area contributed by atoms with Crippen LogP contribution in [0, 0.1) is 5.92 Å². The lowest BCUT2D eigenvalue weighted by molar-refractivity contribution is -0.144. The standard InChI is InChI=1S/C14H20N2O3/c1-2-18-14(17)12-7-11(12)10-8-15-16(9-10)13-5-3-4-6-19-13/h8-9,11-13H,2-7H2,1H3. The van der Waals surface area contributed by atoms with E-state index in [0.717, 1.165) is 31.4 Å². The number of esters is 1. The van der Waals surface area contributed by atoms with Gasteiger partial charge >= 0.3 is 5.97 Å². The highest BCUT2D eigenvalue weighted by Gasteiger charge is 2.45. The van der Waals surface area contributed by atoms with Crippen molar-refractivity contribution >= 4 is 5.97 Å². The minimum Gasteiger partial charge on any atom is -0.466 e. The predicted molar refractivity (Wildman–Crippen MR) is 68.5 cm³/mol. The zero-order chi connectivity index (χ0) is 13.2. The smallest absolute Gasteiger partial charge is 0.309 e. The van der Waals surface area contributed by atoms with Gasteiger partial charge in [0.15, 0.2) is 0 Å². The van der Waals surface area contributed by atoms with Crippen molar-refractivity contribution in [2.45, 2.75) is 44.8 Å². The number of ether oxygens (including phenoxy) is 2. The van der Waals surface area contributed by atoms with Crippen LogP contribution >= 0.6 is 0 Å². The second kappa shape index (κ2) is 5.33. The molecule has 1 aliphatic carbocycles. The molecule has 2 heterocycles. The largest absolute Gasteiger partial charge is 0.466 e.